The fraction of sp³-hybridized carbons (Fsp3) is 0.200. The second kappa shape index (κ2) is 4.67. The van der Waals surface area contributed by atoms with Crippen molar-refractivity contribution in [2.24, 2.45) is 0 Å². The normalized spacial score (nSPS) is 11.5. The molecule has 0 saturated carbocycles. The van der Waals surface area contributed by atoms with Gasteiger partial charge in [0.2, 0.25) is 0 Å². The highest BCUT2D eigenvalue weighted by Gasteiger charge is 2.29. The third-order valence-electron chi connectivity index (χ3n) is 2.08. The molecule has 2 rings (SSSR count). The number of alkyl halides is 3. The van der Waals surface area contributed by atoms with Crippen molar-refractivity contribution >= 4 is 22.9 Å². The van der Waals surface area contributed by atoms with E-state index in [-0.39, 0.29) is 22.5 Å². The third kappa shape index (κ3) is 3.06. The molecule has 102 valence electrons. The van der Waals surface area contributed by atoms with Gasteiger partial charge in [0.25, 0.3) is 0 Å². The van der Waals surface area contributed by atoms with E-state index in [1.165, 1.54) is 18.2 Å². The Labute approximate surface area is 103 Å². The number of hydrogen-bond acceptors (Lipinski definition) is 4. The van der Waals surface area contributed by atoms with E-state index < -0.39 is 18.9 Å². The SMILES string of the molecule is O=C(O)Nc1noc2cccc(OCC(F)(F)F)c12. The summed E-state index contributed by atoms with van der Waals surface area (Å²) in [6.07, 6.45) is -5.92. The first-order valence-corrected chi connectivity index (χ1v) is 4.95. The van der Waals surface area contributed by atoms with Crippen LogP contribution in [0.15, 0.2) is 22.7 Å². The number of amides is 1. The maximum atomic E-state index is 12.1. The number of aromatic nitrogens is 1. The van der Waals surface area contributed by atoms with Crippen LogP contribution in [-0.4, -0.2) is 29.1 Å². The van der Waals surface area contributed by atoms with Gasteiger partial charge in [0, 0.05) is 0 Å². The van der Waals surface area contributed by atoms with Gasteiger partial charge in [-0.25, -0.2) is 4.79 Å². The monoisotopic (exact) mass is 276 g/mol. The summed E-state index contributed by atoms with van der Waals surface area (Å²) in [6.45, 7) is -1.50. The Bertz CT molecular complexity index is 608. The van der Waals surface area contributed by atoms with Gasteiger partial charge >= 0.3 is 12.3 Å². The summed E-state index contributed by atoms with van der Waals surface area (Å²) in [7, 11) is 0. The fourth-order valence-electron chi connectivity index (χ4n) is 1.43. The van der Waals surface area contributed by atoms with Gasteiger partial charge < -0.3 is 14.4 Å². The first kappa shape index (κ1) is 13.0. The van der Waals surface area contributed by atoms with Crippen molar-refractivity contribution in [2.45, 2.75) is 6.18 Å². The summed E-state index contributed by atoms with van der Waals surface area (Å²) in [5, 5.41) is 13.9. The number of fused-ring (bicyclic) bond motifs is 1. The number of benzene rings is 1. The lowest BCUT2D eigenvalue weighted by Gasteiger charge is -2.09. The molecule has 0 saturated heterocycles. The van der Waals surface area contributed by atoms with Crippen molar-refractivity contribution in [1.29, 1.82) is 0 Å². The predicted octanol–water partition coefficient (Wildman–Crippen LogP) is 2.86. The Hall–Kier alpha value is -2.45. The number of nitrogens with zero attached hydrogens (tertiary/aromatic N) is 1. The van der Waals surface area contributed by atoms with Gasteiger partial charge in [0.05, 0.1) is 0 Å². The summed E-state index contributed by atoms with van der Waals surface area (Å²) >= 11 is 0. The van der Waals surface area contributed by atoms with Crippen LogP contribution in [0.5, 0.6) is 5.75 Å². The first-order chi connectivity index (χ1) is 8.87. The van der Waals surface area contributed by atoms with Crippen LogP contribution in [0.1, 0.15) is 0 Å². The number of ether oxygens (including phenoxy) is 1. The minimum atomic E-state index is -4.50. The van der Waals surface area contributed by atoms with Crippen LogP contribution in [0.2, 0.25) is 0 Å². The zero-order valence-corrected chi connectivity index (χ0v) is 9.19. The van der Waals surface area contributed by atoms with Crippen LogP contribution in [-0.2, 0) is 0 Å². The molecule has 2 aromatic rings. The molecule has 0 aliphatic heterocycles. The Morgan fingerprint density at radius 3 is 2.84 bits per heavy atom. The Balaban J connectivity index is 2.37. The van der Waals surface area contributed by atoms with Gasteiger partial charge in [-0.3, -0.25) is 5.32 Å². The summed E-state index contributed by atoms with van der Waals surface area (Å²) in [4.78, 5) is 10.5. The zero-order valence-electron chi connectivity index (χ0n) is 9.19. The molecule has 0 spiro atoms. The fourth-order valence-corrected chi connectivity index (χ4v) is 1.43. The van der Waals surface area contributed by atoms with Gasteiger partial charge in [-0.15, -0.1) is 0 Å². The topological polar surface area (TPSA) is 84.6 Å². The van der Waals surface area contributed by atoms with Crippen LogP contribution in [0.25, 0.3) is 11.0 Å². The lowest BCUT2D eigenvalue weighted by molar-refractivity contribution is -0.153. The van der Waals surface area contributed by atoms with Crippen LogP contribution in [0, 0.1) is 0 Å². The van der Waals surface area contributed by atoms with Crippen molar-refractivity contribution in [1.82, 2.24) is 5.16 Å². The quantitative estimate of drug-likeness (QED) is 0.900. The van der Waals surface area contributed by atoms with E-state index in [1.54, 1.807) is 0 Å². The molecule has 1 aromatic heterocycles. The maximum Gasteiger partial charge on any atom is 0.422 e. The Morgan fingerprint density at radius 1 is 1.47 bits per heavy atom. The number of carbonyl (C=O) groups is 1. The number of rotatable bonds is 3. The molecule has 0 aliphatic carbocycles. The molecule has 2 N–H and O–H groups in total. The first-order valence-electron chi connectivity index (χ1n) is 4.95. The van der Waals surface area contributed by atoms with Gasteiger partial charge in [0.15, 0.2) is 18.0 Å². The molecule has 6 nitrogen and oxygen atoms in total. The van der Waals surface area contributed by atoms with Gasteiger partial charge in [-0.1, -0.05) is 11.2 Å². The van der Waals surface area contributed by atoms with Crippen molar-refractivity contribution in [3.63, 3.8) is 0 Å². The van der Waals surface area contributed by atoms with Gasteiger partial charge in [0.1, 0.15) is 11.1 Å². The number of halogens is 3. The summed E-state index contributed by atoms with van der Waals surface area (Å²) < 4.78 is 45.7. The average Bonchev–Trinajstić information content (AvgIpc) is 2.69. The lowest BCUT2D eigenvalue weighted by atomic mass is 10.2. The third-order valence-corrected chi connectivity index (χ3v) is 2.08. The molecular weight excluding hydrogens is 269 g/mol. The van der Waals surface area contributed by atoms with Crippen molar-refractivity contribution < 1.29 is 32.3 Å². The Morgan fingerprint density at radius 2 is 2.21 bits per heavy atom. The average molecular weight is 276 g/mol. The molecule has 19 heavy (non-hydrogen) atoms. The van der Waals surface area contributed by atoms with Crippen molar-refractivity contribution in [3.05, 3.63) is 18.2 Å². The van der Waals surface area contributed by atoms with E-state index >= 15 is 0 Å². The molecule has 1 heterocycles. The molecule has 1 amide bonds. The van der Waals surface area contributed by atoms with Crippen LogP contribution in [0.4, 0.5) is 23.8 Å². The molecule has 0 unspecified atom stereocenters. The highest BCUT2D eigenvalue weighted by molar-refractivity contribution is 5.99. The van der Waals surface area contributed by atoms with Gasteiger partial charge in [-0.05, 0) is 12.1 Å². The predicted molar refractivity (Wildman–Crippen MR) is 57.2 cm³/mol. The van der Waals surface area contributed by atoms with Crippen LogP contribution in [0.3, 0.4) is 0 Å². The number of hydrogen-bond donors (Lipinski definition) is 2. The Kier molecular flexibility index (Phi) is 3.19. The molecule has 0 bridgehead atoms. The van der Waals surface area contributed by atoms with Gasteiger partial charge in [-0.2, -0.15) is 13.2 Å². The molecule has 0 atom stereocenters. The number of nitrogens with one attached hydrogen (secondary N) is 1. The number of carboxylic acid groups (broad SMARTS) is 1. The summed E-state index contributed by atoms with van der Waals surface area (Å²) in [5.74, 6) is -0.389. The minimum Gasteiger partial charge on any atom is -0.483 e. The smallest absolute Gasteiger partial charge is 0.422 e. The summed E-state index contributed by atoms with van der Waals surface area (Å²) in [6, 6.07) is 4.10. The van der Waals surface area contributed by atoms with E-state index in [1.807, 2.05) is 5.32 Å². The zero-order chi connectivity index (χ0) is 14.0. The van der Waals surface area contributed by atoms with E-state index in [4.69, 9.17) is 9.63 Å². The van der Waals surface area contributed by atoms with Crippen LogP contribution < -0.4 is 10.1 Å². The summed E-state index contributed by atoms with van der Waals surface area (Å²) in [5.41, 5.74) is 0.114. The van der Waals surface area contributed by atoms with E-state index in [0.29, 0.717) is 0 Å². The largest absolute Gasteiger partial charge is 0.483 e. The second-order valence-corrected chi connectivity index (χ2v) is 3.49. The van der Waals surface area contributed by atoms with E-state index in [2.05, 4.69) is 9.89 Å². The lowest BCUT2D eigenvalue weighted by Crippen LogP contribution is -2.19. The highest BCUT2D eigenvalue weighted by Crippen LogP contribution is 2.33. The highest BCUT2D eigenvalue weighted by atomic mass is 19.4. The second-order valence-electron chi connectivity index (χ2n) is 3.49. The molecule has 9 heteroatoms. The minimum absolute atomic E-state index is 0.0363. The van der Waals surface area contributed by atoms with Crippen molar-refractivity contribution in [2.75, 3.05) is 11.9 Å². The van der Waals surface area contributed by atoms with Crippen molar-refractivity contribution in [3.8, 4) is 5.75 Å². The molecule has 0 aliphatic rings. The van der Waals surface area contributed by atoms with Crippen LogP contribution >= 0.6 is 0 Å². The van der Waals surface area contributed by atoms with E-state index in [0.717, 1.165) is 0 Å². The maximum absolute atomic E-state index is 12.1. The molecule has 0 fully saturated rings. The van der Waals surface area contributed by atoms with E-state index in [9.17, 15) is 18.0 Å². The molecule has 1 aromatic carbocycles. The molecular formula is C10H7F3N2O4. The number of anilines is 1. The standard InChI is InChI=1S/C10H7F3N2O4/c11-10(12,13)4-18-5-2-1-3-6-7(5)8(15-19-6)14-9(16)17/h1-3H,4H2,(H,14,15)(H,16,17). The molecule has 0 radical (unpaired) electrons.